The van der Waals surface area contributed by atoms with Gasteiger partial charge in [0.05, 0.1) is 0 Å². The SMILES string of the molecule is CCCc1ccccc1Nc1ccc(N)nn1. The zero-order valence-electron chi connectivity index (χ0n) is 9.85. The van der Waals surface area contributed by atoms with Gasteiger partial charge >= 0.3 is 0 Å². The molecule has 0 atom stereocenters. The number of nitrogen functional groups attached to an aromatic ring is 1. The number of para-hydroxylation sites is 1. The fraction of sp³-hybridized carbons (Fsp3) is 0.231. The molecule has 4 heteroatoms. The van der Waals surface area contributed by atoms with Crippen LogP contribution in [0, 0.1) is 0 Å². The normalized spacial score (nSPS) is 10.2. The van der Waals surface area contributed by atoms with E-state index in [0.717, 1.165) is 18.5 Å². The molecule has 88 valence electrons. The van der Waals surface area contributed by atoms with Gasteiger partial charge in [-0.3, -0.25) is 0 Å². The summed E-state index contributed by atoms with van der Waals surface area (Å²) < 4.78 is 0. The van der Waals surface area contributed by atoms with Gasteiger partial charge in [0.1, 0.15) is 5.82 Å². The topological polar surface area (TPSA) is 63.8 Å². The van der Waals surface area contributed by atoms with E-state index in [2.05, 4.69) is 28.5 Å². The molecule has 1 aromatic carbocycles. The average Bonchev–Trinajstić information content (AvgIpc) is 2.35. The molecule has 0 spiro atoms. The second kappa shape index (κ2) is 5.30. The second-order valence-electron chi connectivity index (χ2n) is 3.88. The van der Waals surface area contributed by atoms with Gasteiger partial charge in [-0.25, -0.2) is 0 Å². The summed E-state index contributed by atoms with van der Waals surface area (Å²) in [5, 5.41) is 11.1. The van der Waals surface area contributed by atoms with E-state index < -0.39 is 0 Å². The molecule has 0 bridgehead atoms. The van der Waals surface area contributed by atoms with E-state index in [9.17, 15) is 0 Å². The van der Waals surface area contributed by atoms with Crippen molar-refractivity contribution in [3.63, 3.8) is 0 Å². The maximum absolute atomic E-state index is 5.50. The summed E-state index contributed by atoms with van der Waals surface area (Å²) in [7, 11) is 0. The van der Waals surface area contributed by atoms with Crippen molar-refractivity contribution in [2.45, 2.75) is 19.8 Å². The van der Waals surface area contributed by atoms with E-state index in [1.807, 2.05) is 24.3 Å². The lowest BCUT2D eigenvalue weighted by molar-refractivity contribution is 0.922. The molecule has 0 aliphatic heterocycles. The quantitative estimate of drug-likeness (QED) is 0.844. The van der Waals surface area contributed by atoms with Crippen LogP contribution in [0.15, 0.2) is 36.4 Å². The number of aromatic nitrogens is 2. The first-order valence-corrected chi connectivity index (χ1v) is 5.73. The Morgan fingerprint density at radius 1 is 1.12 bits per heavy atom. The predicted molar refractivity (Wildman–Crippen MR) is 70.2 cm³/mol. The second-order valence-corrected chi connectivity index (χ2v) is 3.88. The number of nitrogens with one attached hydrogen (secondary N) is 1. The number of anilines is 3. The van der Waals surface area contributed by atoms with E-state index in [-0.39, 0.29) is 0 Å². The van der Waals surface area contributed by atoms with Gasteiger partial charge in [0.2, 0.25) is 0 Å². The fourth-order valence-corrected chi connectivity index (χ4v) is 1.68. The molecular formula is C13H16N4. The van der Waals surface area contributed by atoms with Crippen LogP contribution in [0.25, 0.3) is 0 Å². The third-order valence-corrected chi connectivity index (χ3v) is 2.48. The minimum Gasteiger partial charge on any atom is -0.382 e. The Bertz CT molecular complexity index is 479. The third kappa shape index (κ3) is 2.93. The van der Waals surface area contributed by atoms with Gasteiger partial charge in [-0.05, 0) is 30.2 Å². The van der Waals surface area contributed by atoms with E-state index >= 15 is 0 Å². The van der Waals surface area contributed by atoms with Gasteiger partial charge in [-0.1, -0.05) is 31.5 Å². The standard InChI is InChI=1S/C13H16N4/c1-2-5-10-6-3-4-7-11(10)15-13-9-8-12(14)16-17-13/h3-4,6-9H,2,5H2,1H3,(H2,14,16)(H,15,17). The molecule has 3 N–H and O–H groups in total. The Kier molecular flexibility index (Phi) is 3.55. The maximum atomic E-state index is 5.50. The zero-order valence-corrected chi connectivity index (χ0v) is 9.85. The Balaban J connectivity index is 2.20. The van der Waals surface area contributed by atoms with Gasteiger partial charge in [0.25, 0.3) is 0 Å². The molecule has 0 amide bonds. The highest BCUT2D eigenvalue weighted by molar-refractivity contribution is 5.60. The third-order valence-electron chi connectivity index (χ3n) is 2.48. The van der Waals surface area contributed by atoms with Crippen LogP contribution in [0.5, 0.6) is 0 Å². The molecule has 1 aromatic heterocycles. The summed E-state index contributed by atoms with van der Waals surface area (Å²) in [6.07, 6.45) is 2.16. The summed E-state index contributed by atoms with van der Waals surface area (Å²) in [4.78, 5) is 0. The average molecular weight is 228 g/mol. The van der Waals surface area contributed by atoms with Crippen molar-refractivity contribution in [1.82, 2.24) is 10.2 Å². The van der Waals surface area contributed by atoms with E-state index in [1.54, 1.807) is 6.07 Å². The van der Waals surface area contributed by atoms with Crippen LogP contribution < -0.4 is 11.1 Å². The number of nitrogens with two attached hydrogens (primary N) is 1. The van der Waals surface area contributed by atoms with Gasteiger partial charge in [-0.2, -0.15) is 0 Å². The van der Waals surface area contributed by atoms with Crippen LogP contribution in [0.2, 0.25) is 0 Å². The molecule has 4 nitrogen and oxygen atoms in total. The minimum atomic E-state index is 0.428. The molecule has 0 fully saturated rings. The van der Waals surface area contributed by atoms with Crippen LogP contribution in [-0.4, -0.2) is 10.2 Å². The van der Waals surface area contributed by atoms with Gasteiger partial charge in [0, 0.05) is 5.69 Å². The zero-order chi connectivity index (χ0) is 12.1. The number of hydrogen-bond acceptors (Lipinski definition) is 4. The van der Waals surface area contributed by atoms with Crippen LogP contribution in [-0.2, 0) is 6.42 Å². The maximum Gasteiger partial charge on any atom is 0.153 e. The highest BCUT2D eigenvalue weighted by atomic mass is 15.2. The largest absolute Gasteiger partial charge is 0.382 e. The summed E-state index contributed by atoms with van der Waals surface area (Å²) in [5.74, 6) is 1.14. The smallest absolute Gasteiger partial charge is 0.153 e. The summed E-state index contributed by atoms with van der Waals surface area (Å²) >= 11 is 0. The van der Waals surface area contributed by atoms with Crippen LogP contribution in [0.1, 0.15) is 18.9 Å². The van der Waals surface area contributed by atoms with Crippen molar-refractivity contribution in [1.29, 1.82) is 0 Å². The number of benzene rings is 1. The Morgan fingerprint density at radius 3 is 2.65 bits per heavy atom. The Hall–Kier alpha value is -2.10. The van der Waals surface area contributed by atoms with Crippen LogP contribution in [0.4, 0.5) is 17.3 Å². The lowest BCUT2D eigenvalue weighted by Gasteiger charge is -2.10. The monoisotopic (exact) mass is 228 g/mol. The van der Waals surface area contributed by atoms with Gasteiger partial charge < -0.3 is 11.1 Å². The number of nitrogens with zero attached hydrogens (tertiary/aromatic N) is 2. The Morgan fingerprint density at radius 2 is 1.94 bits per heavy atom. The van der Waals surface area contributed by atoms with E-state index in [1.165, 1.54) is 5.56 Å². The molecule has 0 aliphatic carbocycles. The lowest BCUT2D eigenvalue weighted by Crippen LogP contribution is -2.00. The number of aryl methyl sites for hydroxylation is 1. The molecule has 0 aliphatic rings. The minimum absolute atomic E-state index is 0.428. The molecule has 2 rings (SSSR count). The van der Waals surface area contributed by atoms with Gasteiger partial charge in [0.15, 0.2) is 5.82 Å². The Labute approximate surface area is 101 Å². The number of hydrogen-bond donors (Lipinski definition) is 2. The molecule has 0 saturated carbocycles. The van der Waals surface area contributed by atoms with Gasteiger partial charge in [-0.15, -0.1) is 10.2 Å². The molecule has 17 heavy (non-hydrogen) atoms. The molecular weight excluding hydrogens is 212 g/mol. The van der Waals surface area contributed by atoms with Crippen molar-refractivity contribution in [2.75, 3.05) is 11.1 Å². The summed E-state index contributed by atoms with van der Waals surface area (Å²) in [6, 6.07) is 11.8. The van der Waals surface area contributed by atoms with Crippen molar-refractivity contribution in [2.24, 2.45) is 0 Å². The molecule has 2 aromatic rings. The highest BCUT2D eigenvalue weighted by Gasteiger charge is 2.02. The first kappa shape index (κ1) is 11.4. The summed E-state index contributed by atoms with van der Waals surface area (Å²) in [5.41, 5.74) is 7.86. The van der Waals surface area contributed by atoms with Crippen molar-refractivity contribution >= 4 is 17.3 Å². The van der Waals surface area contributed by atoms with Crippen molar-refractivity contribution in [3.05, 3.63) is 42.0 Å². The molecule has 1 heterocycles. The lowest BCUT2D eigenvalue weighted by atomic mass is 10.1. The molecule has 0 unspecified atom stereocenters. The van der Waals surface area contributed by atoms with Crippen molar-refractivity contribution < 1.29 is 0 Å². The highest BCUT2D eigenvalue weighted by Crippen LogP contribution is 2.20. The van der Waals surface area contributed by atoms with E-state index in [4.69, 9.17) is 5.73 Å². The summed E-state index contributed by atoms with van der Waals surface area (Å²) in [6.45, 7) is 2.17. The molecule has 0 saturated heterocycles. The van der Waals surface area contributed by atoms with Crippen LogP contribution >= 0.6 is 0 Å². The fourth-order valence-electron chi connectivity index (χ4n) is 1.68. The predicted octanol–water partition coefficient (Wildman–Crippen LogP) is 2.75. The molecule has 0 radical (unpaired) electrons. The first-order chi connectivity index (χ1) is 8.29. The first-order valence-electron chi connectivity index (χ1n) is 5.73. The van der Waals surface area contributed by atoms with Crippen molar-refractivity contribution in [3.8, 4) is 0 Å². The van der Waals surface area contributed by atoms with E-state index in [0.29, 0.717) is 11.6 Å². The number of rotatable bonds is 4. The van der Waals surface area contributed by atoms with Crippen LogP contribution in [0.3, 0.4) is 0 Å².